The van der Waals surface area contributed by atoms with Gasteiger partial charge < -0.3 is 10.0 Å². The van der Waals surface area contributed by atoms with Gasteiger partial charge in [0.1, 0.15) is 0 Å². The molecule has 0 radical (unpaired) electrons. The highest BCUT2D eigenvalue weighted by Gasteiger charge is 2.16. The molecule has 0 spiro atoms. The highest BCUT2D eigenvalue weighted by molar-refractivity contribution is 5.79. The summed E-state index contributed by atoms with van der Waals surface area (Å²) in [5.41, 5.74) is 0. The number of nitrogens with zero attached hydrogens (tertiary/aromatic N) is 1. The van der Waals surface area contributed by atoms with Crippen LogP contribution in [0.5, 0.6) is 0 Å². The first-order chi connectivity index (χ1) is 5.84. The van der Waals surface area contributed by atoms with Crippen LogP contribution in [-0.2, 0) is 4.79 Å². The fourth-order valence-electron chi connectivity index (χ4n) is 1.24. The number of carbonyl (C=O) groups is 1. The lowest BCUT2D eigenvalue weighted by molar-refractivity contribution is -0.125. The lowest BCUT2D eigenvalue weighted by Crippen LogP contribution is -2.17. The van der Waals surface area contributed by atoms with Crippen molar-refractivity contribution in [2.75, 3.05) is 13.2 Å². The zero-order valence-corrected chi connectivity index (χ0v) is 7.20. The Balaban J connectivity index is 2.20. The third kappa shape index (κ3) is 2.66. The number of allylic oxidation sites excluding steroid dienone is 1. The zero-order chi connectivity index (χ0) is 8.81. The van der Waals surface area contributed by atoms with Gasteiger partial charge in [-0.15, -0.1) is 0 Å². The molecule has 0 saturated carbocycles. The predicted molar refractivity (Wildman–Crippen MR) is 46.4 cm³/mol. The molecule has 1 heterocycles. The van der Waals surface area contributed by atoms with Crippen molar-refractivity contribution in [1.29, 1.82) is 0 Å². The molecule has 1 N–H and O–H groups in total. The van der Waals surface area contributed by atoms with E-state index in [0.717, 1.165) is 25.8 Å². The number of carbonyl (C=O) groups excluding carboxylic acids is 1. The Morgan fingerprint density at radius 3 is 3.00 bits per heavy atom. The molecule has 1 fully saturated rings. The van der Waals surface area contributed by atoms with Crippen LogP contribution < -0.4 is 0 Å². The number of aliphatic hydroxyl groups is 1. The van der Waals surface area contributed by atoms with Crippen LogP contribution >= 0.6 is 0 Å². The van der Waals surface area contributed by atoms with Gasteiger partial charge in [0.25, 0.3) is 0 Å². The van der Waals surface area contributed by atoms with Gasteiger partial charge in [-0.05, 0) is 19.3 Å². The smallest absolute Gasteiger partial charge is 0.226 e. The number of likely N-dealkylation sites (tertiary alicyclic amines) is 1. The summed E-state index contributed by atoms with van der Waals surface area (Å²) in [4.78, 5) is 12.8. The van der Waals surface area contributed by atoms with Crippen LogP contribution in [-0.4, -0.2) is 29.1 Å². The molecule has 1 rings (SSSR count). The lowest BCUT2D eigenvalue weighted by atomic mass is 10.3. The quantitative estimate of drug-likeness (QED) is 0.635. The Morgan fingerprint density at radius 1 is 1.58 bits per heavy atom. The van der Waals surface area contributed by atoms with Gasteiger partial charge in [0.15, 0.2) is 0 Å². The third-order valence-electron chi connectivity index (χ3n) is 1.92. The Hall–Kier alpha value is -0.830. The standard InChI is InChI=1S/C9H15NO2/c11-8-3-1-2-6-10-7-4-5-9(10)12/h2,6,11H,1,3-5,7-8H2. The second-order valence-electron chi connectivity index (χ2n) is 2.94. The molecule has 0 atom stereocenters. The highest BCUT2D eigenvalue weighted by Crippen LogP contribution is 2.09. The molecule has 12 heavy (non-hydrogen) atoms. The molecule has 1 saturated heterocycles. The summed E-state index contributed by atoms with van der Waals surface area (Å²) in [6.07, 6.45) is 7.07. The summed E-state index contributed by atoms with van der Waals surface area (Å²) in [7, 11) is 0. The SMILES string of the molecule is O=C1CCCN1C=CCCCO. The van der Waals surface area contributed by atoms with Crippen molar-refractivity contribution in [3.63, 3.8) is 0 Å². The van der Waals surface area contributed by atoms with Gasteiger partial charge in [-0.2, -0.15) is 0 Å². The fraction of sp³-hybridized carbons (Fsp3) is 0.667. The van der Waals surface area contributed by atoms with E-state index in [1.54, 1.807) is 4.90 Å². The van der Waals surface area contributed by atoms with Crippen LogP contribution in [0.25, 0.3) is 0 Å². The van der Waals surface area contributed by atoms with Gasteiger partial charge in [0, 0.05) is 25.8 Å². The topological polar surface area (TPSA) is 40.5 Å². The van der Waals surface area contributed by atoms with Crippen molar-refractivity contribution in [2.45, 2.75) is 25.7 Å². The van der Waals surface area contributed by atoms with E-state index in [1.807, 2.05) is 12.3 Å². The van der Waals surface area contributed by atoms with Crippen LogP contribution in [0.2, 0.25) is 0 Å². The Morgan fingerprint density at radius 2 is 2.42 bits per heavy atom. The van der Waals surface area contributed by atoms with Crippen LogP contribution in [0.3, 0.4) is 0 Å². The number of aliphatic hydroxyl groups excluding tert-OH is 1. The van der Waals surface area contributed by atoms with E-state index in [1.165, 1.54) is 0 Å². The monoisotopic (exact) mass is 169 g/mol. The van der Waals surface area contributed by atoms with E-state index in [2.05, 4.69) is 0 Å². The molecule has 0 unspecified atom stereocenters. The maximum absolute atomic E-state index is 11.1. The fourth-order valence-corrected chi connectivity index (χ4v) is 1.24. The first-order valence-electron chi connectivity index (χ1n) is 4.41. The molecule has 0 aromatic heterocycles. The number of unbranched alkanes of at least 4 members (excludes halogenated alkanes) is 1. The molecule has 0 aromatic rings. The normalized spacial score (nSPS) is 18.1. The van der Waals surface area contributed by atoms with Crippen molar-refractivity contribution < 1.29 is 9.90 Å². The minimum Gasteiger partial charge on any atom is -0.396 e. The molecule has 0 bridgehead atoms. The largest absolute Gasteiger partial charge is 0.396 e. The van der Waals surface area contributed by atoms with Gasteiger partial charge >= 0.3 is 0 Å². The summed E-state index contributed by atoms with van der Waals surface area (Å²) in [6, 6.07) is 0. The van der Waals surface area contributed by atoms with Crippen molar-refractivity contribution in [1.82, 2.24) is 4.90 Å². The Kier molecular flexibility index (Phi) is 3.80. The number of hydrogen-bond donors (Lipinski definition) is 1. The molecule has 3 nitrogen and oxygen atoms in total. The van der Waals surface area contributed by atoms with Gasteiger partial charge in [-0.3, -0.25) is 4.79 Å². The van der Waals surface area contributed by atoms with Crippen LogP contribution in [0.1, 0.15) is 25.7 Å². The molecular weight excluding hydrogens is 154 g/mol. The summed E-state index contributed by atoms with van der Waals surface area (Å²) in [5.74, 6) is 0.218. The molecule has 0 aliphatic carbocycles. The summed E-state index contributed by atoms with van der Waals surface area (Å²) in [5, 5.41) is 8.50. The molecule has 1 aliphatic heterocycles. The van der Waals surface area contributed by atoms with Gasteiger partial charge in [-0.25, -0.2) is 0 Å². The van der Waals surface area contributed by atoms with E-state index in [0.29, 0.717) is 6.42 Å². The maximum atomic E-state index is 11.1. The number of rotatable bonds is 4. The number of hydrogen-bond acceptors (Lipinski definition) is 2. The highest BCUT2D eigenvalue weighted by atomic mass is 16.2. The Bertz CT molecular complexity index is 177. The van der Waals surface area contributed by atoms with Gasteiger partial charge in [0.05, 0.1) is 0 Å². The Labute approximate surface area is 72.7 Å². The average Bonchev–Trinajstić information content (AvgIpc) is 2.46. The zero-order valence-electron chi connectivity index (χ0n) is 7.20. The van der Waals surface area contributed by atoms with E-state index in [4.69, 9.17) is 5.11 Å². The van der Waals surface area contributed by atoms with Gasteiger partial charge in [-0.1, -0.05) is 6.08 Å². The van der Waals surface area contributed by atoms with E-state index in [9.17, 15) is 4.79 Å². The van der Waals surface area contributed by atoms with Crippen LogP contribution in [0, 0.1) is 0 Å². The average molecular weight is 169 g/mol. The summed E-state index contributed by atoms with van der Waals surface area (Å²) < 4.78 is 0. The maximum Gasteiger partial charge on any atom is 0.226 e. The second kappa shape index (κ2) is 4.93. The second-order valence-corrected chi connectivity index (χ2v) is 2.94. The first kappa shape index (κ1) is 9.26. The van der Waals surface area contributed by atoms with Crippen molar-refractivity contribution in [3.05, 3.63) is 12.3 Å². The van der Waals surface area contributed by atoms with Crippen LogP contribution in [0.4, 0.5) is 0 Å². The molecule has 68 valence electrons. The molecular formula is C9H15NO2. The van der Waals surface area contributed by atoms with Crippen molar-refractivity contribution in [2.24, 2.45) is 0 Å². The van der Waals surface area contributed by atoms with Gasteiger partial charge in [0.2, 0.25) is 5.91 Å². The van der Waals surface area contributed by atoms with Crippen molar-refractivity contribution in [3.8, 4) is 0 Å². The molecule has 3 heteroatoms. The minimum atomic E-state index is 0.218. The first-order valence-corrected chi connectivity index (χ1v) is 4.41. The molecule has 1 aliphatic rings. The molecule has 0 aromatic carbocycles. The molecule has 1 amide bonds. The minimum absolute atomic E-state index is 0.218. The summed E-state index contributed by atoms with van der Waals surface area (Å²) >= 11 is 0. The van der Waals surface area contributed by atoms with Crippen LogP contribution in [0.15, 0.2) is 12.3 Å². The van der Waals surface area contributed by atoms with E-state index in [-0.39, 0.29) is 12.5 Å². The number of amides is 1. The van der Waals surface area contributed by atoms with Crippen molar-refractivity contribution >= 4 is 5.91 Å². The van der Waals surface area contributed by atoms with E-state index >= 15 is 0 Å². The lowest BCUT2D eigenvalue weighted by Gasteiger charge is -2.07. The summed E-state index contributed by atoms with van der Waals surface area (Å²) in [6.45, 7) is 1.08. The third-order valence-corrected chi connectivity index (χ3v) is 1.92. The van der Waals surface area contributed by atoms with E-state index < -0.39 is 0 Å². The predicted octanol–water partition coefficient (Wildman–Crippen LogP) is 0.895.